The number of hydrogen-bond donors (Lipinski definition) is 1. The molecule has 63 heavy (non-hydrogen) atoms. The number of halogens is 2. The summed E-state index contributed by atoms with van der Waals surface area (Å²) < 4.78 is 16.5. The number of nitrogens with one attached hydrogen (secondary N) is 1. The van der Waals surface area contributed by atoms with Gasteiger partial charge in [0.2, 0.25) is 11.9 Å². The third-order valence-corrected chi connectivity index (χ3v) is 14.1. The van der Waals surface area contributed by atoms with E-state index in [1.54, 1.807) is 49.6 Å². The molecule has 1 aliphatic carbocycles. The third-order valence-electron chi connectivity index (χ3n) is 13.8. The summed E-state index contributed by atoms with van der Waals surface area (Å²) in [6.07, 6.45) is 11.4. The molecule has 0 spiro atoms. The number of nitrogens with zero attached hydrogens (tertiary/aromatic N) is 9. The van der Waals surface area contributed by atoms with Crippen LogP contribution in [0.1, 0.15) is 112 Å². The van der Waals surface area contributed by atoms with Gasteiger partial charge < -0.3 is 24.9 Å². The van der Waals surface area contributed by atoms with E-state index in [1.165, 1.54) is 5.69 Å². The van der Waals surface area contributed by atoms with Crippen LogP contribution in [0.2, 0.25) is 5.02 Å². The van der Waals surface area contributed by atoms with E-state index in [4.69, 9.17) is 22.0 Å². The number of nitriles is 1. The van der Waals surface area contributed by atoms with Gasteiger partial charge >= 0.3 is 19.8 Å². The molecule has 4 aromatic rings. The molecule has 15 heteroatoms. The normalized spacial score (nSPS) is 19.9. The first-order chi connectivity index (χ1) is 29.7. The van der Waals surface area contributed by atoms with E-state index in [-0.39, 0.29) is 54.3 Å². The Labute approximate surface area is 389 Å². The summed E-state index contributed by atoms with van der Waals surface area (Å²) >= 11 is 5.57. The SMILES string of the molecule is CC(=O)N1CCc2c(c(N3CCCc4cc(F)ccc43)nn2C2CCN(CC3CCN(c4ncc(C(=O)NC5C(C)(C)CC5(C)C)cn4)CC3)CC2)C1.N#Cc1cc[c-]cc1Cl.[Os+]. The average molecular weight is 1050 g/mol. The molecule has 2 amide bonds. The van der Waals surface area contributed by atoms with E-state index >= 15 is 0 Å². The number of rotatable bonds is 7. The molecule has 3 fully saturated rings. The molecule has 1 N–H and O–H groups in total. The molecule has 335 valence electrons. The summed E-state index contributed by atoms with van der Waals surface area (Å²) in [5.74, 6) is 2.08. The number of aromatic nitrogens is 4. The van der Waals surface area contributed by atoms with Gasteiger partial charge in [-0.05, 0) is 91.0 Å². The van der Waals surface area contributed by atoms with Gasteiger partial charge in [0.1, 0.15) is 5.82 Å². The van der Waals surface area contributed by atoms with E-state index in [0.717, 1.165) is 113 Å². The number of carbonyl (C=O) groups is 2. The topological polar surface area (TPSA) is 127 Å². The minimum atomic E-state index is -0.197. The van der Waals surface area contributed by atoms with Crippen molar-refractivity contribution in [3.8, 4) is 6.07 Å². The number of anilines is 3. The fourth-order valence-corrected chi connectivity index (χ4v) is 11.2. The number of likely N-dealkylation sites (tertiary alicyclic amines) is 1. The maximum Gasteiger partial charge on any atom is 1.00 e. The second-order valence-corrected chi connectivity index (χ2v) is 19.6. The summed E-state index contributed by atoms with van der Waals surface area (Å²) in [6.45, 7) is 17.7. The first kappa shape index (κ1) is 46.6. The van der Waals surface area contributed by atoms with Crippen molar-refractivity contribution in [2.24, 2.45) is 16.7 Å². The van der Waals surface area contributed by atoms with Crippen molar-refractivity contribution >= 4 is 40.9 Å². The zero-order chi connectivity index (χ0) is 43.8. The molecular formula is C48H59ClFN10O2Os. The van der Waals surface area contributed by atoms with Crippen molar-refractivity contribution in [2.75, 3.05) is 55.6 Å². The second-order valence-electron chi connectivity index (χ2n) is 19.2. The third kappa shape index (κ3) is 10.1. The molecule has 12 nitrogen and oxygen atoms in total. The van der Waals surface area contributed by atoms with E-state index in [0.29, 0.717) is 47.1 Å². The Morgan fingerprint density at radius 2 is 1.70 bits per heavy atom. The molecular weight excluding hydrogens is 993 g/mol. The first-order valence-corrected chi connectivity index (χ1v) is 22.7. The Morgan fingerprint density at radius 3 is 2.33 bits per heavy atom. The molecule has 6 heterocycles. The predicted octanol–water partition coefficient (Wildman–Crippen LogP) is 7.92. The van der Waals surface area contributed by atoms with Crippen LogP contribution in [0.3, 0.4) is 0 Å². The van der Waals surface area contributed by atoms with Crippen molar-refractivity contribution in [2.45, 2.75) is 105 Å². The van der Waals surface area contributed by atoms with Gasteiger partial charge in [0.15, 0.2) is 5.82 Å². The maximum absolute atomic E-state index is 14.2. The Bertz CT molecular complexity index is 2300. The number of piperidine rings is 2. The smallest absolute Gasteiger partial charge is 0.348 e. The molecule has 0 bridgehead atoms. The van der Waals surface area contributed by atoms with Crippen LogP contribution in [0.4, 0.5) is 21.8 Å². The quantitative estimate of drug-likeness (QED) is 0.184. The molecule has 2 aromatic heterocycles. The zero-order valence-electron chi connectivity index (χ0n) is 37.1. The van der Waals surface area contributed by atoms with Gasteiger partial charge in [-0.2, -0.15) is 46.2 Å². The Kier molecular flexibility index (Phi) is 14.3. The van der Waals surface area contributed by atoms with E-state index in [2.05, 4.69) is 68.4 Å². The van der Waals surface area contributed by atoms with Crippen molar-refractivity contribution < 1.29 is 33.8 Å². The Balaban J connectivity index is 0.000000532. The van der Waals surface area contributed by atoms with Crippen LogP contribution < -0.4 is 15.1 Å². The number of carbonyl (C=O) groups excluding carboxylic acids is 2. The zero-order valence-corrected chi connectivity index (χ0v) is 40.4. The van der Waals surface area contributed by atoms with E-state index in [1.807, 2.05) is 17.0 Å². The number of fused-ring (bicyclic) bond motifs is 2. The summed E-state index contributed by atoms with van der Waals surface area (Å²) in [5, 5.41) is 17.4. The Hall–Kier alpha value is -4.42. The summed E-state index contributed by atoms with van der Waals surface area (Å²) in [5.41, 5.74) is 5.68. The van der Waals surface area contributed by atoms with E-state index < -0.39 is 0 Å². The van der Waals surface area contributed by atoms with Crippen molar-refractivity contribution in [1.29, 1.82) is 5.26 Å². The molecule has 2 aromatic carbocycles. The van der Waals surface area contributed by atoms with E-state index in [9.17, 15) is 14.0 Å². The average Bonchev–Trinajstić information content (AvgIpc) is 3.64. The molecule has 4 aliphatic heterocycles. The van der Waals surface area contributed by atoms with Crippen LogP contribution >= 0.6 is 11.6 Å². The van der Waals surface area contributed by atoms with Crippen LogP contribution in [-0.2, 0) is 44.0 Å². The number of benzene rings is 2. The maximum atomic E-state index is 14.2. The fourth-order valence-electron chi connectivity index (χ4n) is 11.0. The largest absolute Gasteiger partial charge is 1.00 e. The van der Waals surface area contributed by atoms with Gasteiger partial charge in [0, 0.05) is 94.5 Å². The number of hydrogen-bond acceptors (Lipinski definition) is 9. The molecule has 1 saturated carbocycles. The van der Waals surface area contributed by atoms with Gasteiger partial charge in [0.05, 0.1) is 24.2 Å². The molecule has 5 aliphatic rings. The summed E-state index contributed by atoms with van der Waals surface area (Å²) in [7, 11) is 0. The second kappa shape index (κ2) is 19.4. The standard InChI is InChI=1S/C41H56FN9O2.C7H3ClN.Os/c1-27(52)49-20-14-35-33(25-49)36(50-15-6-7-29-21-31(42)8-9-34(29)50)46-51(35)32-12-16-47(17-13-32)24-28-10-18-48(19-11-28)39-43-22-30(23-44-39)37(53)45-38-40(2,3)26-41(38,4)5;8-7-4-2-1-3-6(7)5-9;/h8-9,21-23,28,32,38H,6-7,10-20,24-26H2,1-5H3,(H,45,53);1,3-4H;/q;-1;+1. The van der Waals surface area contributed by atoms with Crippen LogP contribution in [-0.4, -0.2) is 93.2 Å². The molecule has 0 atom stereocenters. The van der Waals surface area contributed by atoms with Gasteiger partial charge in [-0.25, -0.2) is 14.4 Å². The summed E-state index contributed by atoms with van der Waals surface area (Å²) in [6, 6.07) is 15.1. The minimum absolute atomic E-state index is 0. The van der Waals surface area contributed by atoms with Crippen molar-refractivity contribution in [3.63, 3.8) is 0 Å². The number of aryl methyl sites for hydroxylation is 1. The fraction of sp³-hybridized carbons (Fsp3) is 0.542. The van der Waals surface area contributed by atoms with Gasteiger partial charge in [0.25, 0.3) is 5.91 Å². The van der Waals surface area contributed by atoms with Crippen molar-refractivity contribution in [3.05, 3.63) is 93.6 Å². The van der Waals surface area contributed by atoms with Crippen molar-refractivity contribution in [1.82, 2.24) is 34.9 Å². The first-order valence-electron chi connectivity index (χ1n) is 22.3. The molecule has 2 saturated heterocycles. The molecule has 9 rings (SSSR count). The number of amides is 2. The van der Waals surface area contributed by atoms with Gasteiger partial charge in [-0.1, -0.05) is 32.7 Å². The van der Waals surface area contributed by atoms with Crippen LogP contribution in [0.25, 0.3) is 0 Å². The predicted molar refractivity (Wildman–Crippen MR) is 239 cm³/mol. The minimum Gasteiger partial charge on any atom is -0.348 e. The monoisotopic (exact) mass is 1050 g/mol. The van der Waals surface area contributed by atoms with Gasteiger partial charge in [-0.3, -0.25) is 14.3 Å². The van der Waals surface area contributed by atoms with Crippen LogP contribution in [0.15, 0.2) is 48.8 Å². The van der Waals surface area contributed by atoms with Crippen LogP contribution in [0.5, 0.6) is 0 Å². The molecule has 1 radical (unpaired) electrons. The van der Waals surface area contributed by atoms with Gasteiger partial charge in [-0.15, -0.1) is 0 Å². The summed E-state index contributed by atoms with van der Waals surface area (Å²) in [4.78, 5) is 43.8. The van der Waals surface area contributed by atoms with Crippen LogP contribution in [0, 0.1) is 40.0 Å². The Morgan fingerprint density at radius 1 is 0.984 bits per heavy atom. The molecule has 0 unspecified atom stereocenters.